The smallest absolute Gasteiger partial charge is 0.224 e. The molecule has 1 N–H and O–H groups in total. The third kappa shape index (κ3) is 3.72. The van der Waals surface area contributed by atoms with Crippen molar-refractivity contribution in [2.24, 2.45) is 5.92 Å². The Labute approximate surface area is 115 Å². The first-order valence-corrected chi connectivity index (χ1v) is 6.59. The molecular weight excluding hydrogens is 271 g/mol. The maximum absolute atomic E-state index is 13.4. The summed E-state index contributed by atoms with van der Waals surface area (Å²) < 4.78 is 44.3. The van der Waals surface area contributed by atoms with Gasteiger partial charge in [0, 0.05) is 19.6 Å². The van der Waals surface area contributed by atoms with Gasteiger partial charge in [0.1, 0.15) is 0 Å². The van der Waals surface area contributed by atoms with E-state index < -0.39 is 23.4 Å². The average Bonchev–Trinajstić information content (AvgIpc) is 2.47. The summed E-state index contributed by atoms with van der Waals surface area (Å²) in [6.07, 6.45) is 2.73. The molecule has 1 heterocycles. The van der Waals surface area contributed by atoms with E-state index in [1.165, 1.54) is 0 Å². The highest BCUT2D eigenvalue weighted by Gasteiger charge is 2.17. The lowest BCUT2D eigenvalue weighted by Crippen LogP contribution is -2.19. The van der Waals surface area contributed by atoms with Gasteiger partial charge in [0.15, 0.2) is 17.5 Å². The second-order valence-corrected chi connectivity index (χ2v) is 4.87. The minimum atomic E-state index is -1.58. The maximum atomic E-state index is 13.4. The summed E-state index contributed by atoms with van der Waals surface area (Å²) in [6, 6.07) is 1.80. The van der Waals surface area contributed by atoms with E-state index in [9.17, 15) is 18.0 Å². The molecule has 1 aliphatic heterocycles. The topological polar surface area (TPSA) is 38.3 Å². The average molecular weight is 287 g/mol. The second kappa shape index (κ2) is 6.74. The Hall–Kier alpha value is -1.56. The third-order valence-electron chi connectivity index (χ3n) is 3.43. The van der Waals surface area contributed by atoms with Crippen LogP contribution < -0.4 is 5.32 Å². The Morgan fingerprint density at radius 2 is 1.90 bits per heavy atom. The van der Waals surface area contributed by atoms with Crippen molar-refractivity contribution in [1.29, 1.82) is 0 Å². The van der Waals surface area contributed by atoms with Gasteiger partial charge in [0.05, 0.1) is 5.69 Å². The Morgan fingerprint density at radius 3 is 2.60 bits per heavy atom. The molecule has 2 rings (SSSR count). The van der Waals surface area contributed by atoms with Gasteiger partial charge in [-0.1, -0.05) is 0 Å². The Morgan fingerprint density at radius 1 is 1.20 bits per heavy atom. The van der Waals surface area contributed by atoms with Gasteiger partial charge in [-0.15, -0.1) is 0 Å². The van der Waals surface area contributed by atoms with E-state index in [0.29, 0.717) is 25.6 Å². The number of rotatable bonds is 4. The number of carbonyl (C=O) groups excluding carboxylic acids is 1. The molecule has 20 heavy (non-hydrogen) atoms. The number of amides is 1. The largest absolute Gasteiger partial charge is 0.381 e. The van der Waals surface area contributed by atoms with Gasteiger partial charge in [-0.2, -0.15) is 0 Å². The summed E-state index contributed by atoms with van der Waals surface area (Å²) >= 11 is 0. The van der Waals surface area contributed by atoms with Crippen LogP contribution >= 0.6 is 0 Å². The predicted molar refractivity (Wildman–Crippen MR) is 67.7 cm³/mol. The quantitative estimate of drug-likeness (QED) is 0.863. The first-order valence-electron chi connectivity index (χ1n) is 6.59. The molecular formula is C14H16F3NO2. The van der Waals surface area contributed by atoms with E-state index in [0.717, 1.165) is 25.0 Å². The zero-order valence-corrected chi connectivity index (χ0v) is 10.9. The van der Waals surface area contributed by atoms with Crippen LogP contribution in [0, 0.1) is 23.4 Å². The molecule has 1 aromatic rings. The molecule has 1 aromatic carbocycles. The van der Waals surface area contributed by atoms with Crippen molar-refractivity contribution in [3.05, 3.63) is 29.6 Å². The summed E-state index contributed by atoms with van der Waals surface area (Å²) in [6.45, 7) is 1.40. The van der Waals surface area contributed by atoms with Crippen molar-refractivity contribution in [1.82, 2.24) is 0 Å². The number of hydrogen-bond acceptors (Lipinski definition) is 2. The standard InChI is InChI=1S/C14H16F3NO2/c15-10-2-3-11(14(17)13(10)16)18-12(19)4-1-9-5-7-20-8-6-9/h2-3,9H,1,4-8H2,(H,18,19). The minimum Gasteiger partial charge on any atom is -0.381 e. The third-order valence-corrected chi connectivity index (χ3v) is 3.43. The number of benzene rings is 1. The normalized spacial score (nSPS) is 16.1. The fraction of sp³-hybridized carbons (Fsp3) is 0.500. The van der Waals surface area contributed by atoms with E-state index >= 15 is 0 Å². The molecule has 0 atom stereocenters. The fourth-order valence-electron chi connectivity index (χ4n) is 2.21. The molecule has 0 spiro atoms. The number of hydrogen-bond donors (Lipinski definition) is 1. The van der Waals surface area contributed by atoms with Crippen LogP contribution in [0.3, 0.4) is 0 Å². The zero-order valence-electron chi connectivity index (χ0n) is 10.9. The fourth-order valence-corrected chi connectivity index (χ4v) is 2.21. The van der Waals surface area contributed by atoms with E-state index in [2.05, 4.69) is 5.32 Å². The molecule has 0 saturated carbocycles. The van der Waals surface area contributed by atoms with E-state index in [1.54, 1.807) is 0 Å². The first kappa shape index (κ1) is 14.8. The molecule has 0 radical (unpaired) electrons. The summed E-state index contributed by atoms with van der Waals surface area (Å²) in [7, 11) is 0. The van der Waals surface area contributed by atoms with Crippen molar-refractivity contribution in [2.45, 2.75) is 25.7 Å². The zero-order chi connectivity index (χ0) is 14.5. The van der Waals surface area contributed by atoms with Crippen molar-refractivity contribution in [2.75, 3.05) is 18.5 Å². The monoisotopic (exact) mass is 287 g/mol. The molecule has 0 bridgehead atoms. The Balaban J connectivity index is 1.86. The van der Waals surface area contributed by atoms with Crippen molar-refractivity contribution >= 4 is 11.6 Å². The molecule has 6 heteroatoms. The highest BCUT2D eigenvalue weighted by Crippen LogP contribution is 2.22. The van der Waals surface area contributed by atoms with Crippen LogP contribution in [0.2, 0.25) is 0 Å². The number of halogens is 3. The molecule has 1 saturated heterocycles. The minimum absolute atomic E-state index is 0.225. The number of ether oxygens (including phenoxy) is 1. The molecule has 1 aliphatic rings. The number of carbonyl (C=O) groups is 1. The van der Waals surface area contributed by atoms with Gasteiger partial charge in [-0.05, 0) is 37.3 Å². The predicted octanol–water partition coefficient (Wildman–Crippen LogP) is 3.25. The van der Waals surface area contributed by atoms with Crippen molar-refractivity contribution < 1.29 is 22.7 Å². The molecule has 0 aliphatic carbocycles. The molecule has 110 valence electrons. The summed E-state index contributed by atoms with van der Waals surface area (Å²) in [5.41, 5.74) is -0.333. The number of anilines is 1. The van der Waals surface area contributed by atoms with E-state index in [-0.39, 0.29) is 12.1 Å². The second-order valence-electron chi connectivity index (χ2n) is 4.87. The van der Waals surface area contributed by atoms with E-state index in [4.69, 9.17) is 4.74 Å². The number of nitrogens with one attached hydrogen (secondary N) is 1. The van der Waals surface area contributed by atoms with Crippen LogP contribution in [-0.2, 0) is 9.53 Å². The van der Waals surface area contributed by atoms with Gasteiger partial charge >= 0.3 is 0 Å². The van der Waals surface area contributed by atoms with Crippen LogP contribution in [0.25, 0.3) is 0 Å². The highest BCUT2D eigenvalue weighted by molar-refractivity contribution is 5.90. The first-order chi connectivity index (χ1) is 9.58. The van der Waals surface area contributed by atoms with Crippen LogP contribution in [0.1, 0.15) is 25.7 Å². The lowest BCUT2D eigenvalue weighted by molar-refractivity contribution is -0.116. The molecule has 1 amide bonds. The van der Waals surface area contributed by atoms with E-state index in [1.807, 2.05) is 0 Å². The van der Waals surface area contributed by atoms with Gasteiger partial charge in [-0.3, -0.25) is 4.79 Å². The Kier molecular flexibility index (Phi) is 5.00. The van der Waals surface area contributed by atoms with Gasteiger partial charge in [-0.25, -0.2) is 13.2 Å². The van der Waals surface area contributed by atoms with Gasteiger partial charge < -0.3 is 10.1 Å². The van der Waals surface area contributed by atoms with Gasteiger partial charge in [0.25, 0.3) is 0 Å². The highest BCUT2D eigenvalue weighted by atomic mass is 19.2. The summed E-state index contributed by atoms with van der Waals surface area (Å²) in [5.74, 6) is -4.20. The molecule has 0 aromatic heterocycles. The summed E-state index contributed by atoms with van der Waals surface area (Å²) in [5, 5.41) is 2.27. The van der Waals surface area contributed by atoms with Crippen LogP contribution in [0.4, 0.5) is 18.9 Å². The van der Waals surface area contributed by atoms with Crippen LogP contribution in [0.5, 0.6) is 0 Å². The maximum Gasteiger partial charge on any atom is 0.224 e. The van der Waals surface area contributed by atoms with Crippen molar-refractivity contribution in [3.8, 4) is 0 Å². The van der Waals surface area contributed by atoms with Crippen molar-refractivity contribution in [3.63, 3.8) is 0 Å². The van der Waals surface area contributed by atoms with Gasteiger partial charge in [0.2, 0.25) is 5.91 Å². The lowest BCUT2D eigenvalue weighted by Gasteiger charge is -2.21. The van der Waals surface area contributed by atoms with Crippen LogP contribution in [-0.4, -0.2) is 19.1 Å². The summed E-state index contributed by atoms with van der Waals surface area (Å²) in [4.78, 5) is 11.7. The molecule has 0 unspecified atom stereocenters. The molecule has 3 nitrogen and oxygen atoms in total. The SMILES string of the molecule is O=C(CCC1CCOCC1)Nc1ccc(F)c(F)c1F. The van der Waals surface area contributed by atoms with Crippen LogP contribution in [0.15, 0.2) is 12.1 Å². The lowest BCUT2D eigenvalue weighted by atomic mass is 9.95. The Bertz CT molecular complexity index is 488. The molecule has 1 fully saturated rings.